The van der Waals surface area contributed by atoms with Crippen molar-refractivity contribution in [2.75, 3.05) is 6.54 Å². The Hall–Kier alpha value is -1.47. The van der Waals surface area contributed by atoms with Crippen molar-refractivity contribution in [3.8, 4) is 5.75 Å². The number of halogens is 1. The minimum atomic E-state index is -1.29. The Balaban J connectivity index is 2.30. The summed E-state index contributed by atoms with van der Waals surface area (Å²) in [6.45, 7) is 9.42. The molecule has 1 aliphatic rings. The van der Waals surface area contributed by atoms with E-state index < -0.39 is 21.7 Å². The van der Waals surface area contributed by atoms with Gasteiger partial charge in [0.2, 0.25) is 0 Å². The first-order chi connectivity index (χ1) is 11.1. The molecule has 0 amide bonds. The standard InChI is InChI=1S/C16H23FN4O2S/c1-10(20-24(22)15(2,3)4)13-7-12(17)6-11-8-16(5,9-19-21-18)23-14(11)13/h6-7,10,20H,8-9H2,1-5H3/t10?,16?,24-/m1/s1. The summed E-state index contributed by atoms with van der Waals surface area (Å²) in [5, 5.41) is 3.58. The van der Waals surface area contributed by atoms with E-state index in [9.17, 15) is 8.94 Å². The summed E-state index contributed by atoms with van der Waals surface area (Å²) < 4.78 is 34.9. The molecule has 24 heavy (non-hydrogen) atoms. The predicted octanol–water partition coefficient (Wildman–Crippen LogP) is 3.94. The van der Waals surface area contributed by atoms with Gasteiger partial charge in [-0.3, -0.25) is 0 Å². The van der Waals surface area contributed by atoms with Crippen LogP contribution in [0.25, 0.3) is 10.4 Å². The molecule has 2 rings (SSSR count). The highest BCUT2D eigenvalue weighted by molar-refractivity contribution is 7.90. The Morgan fingerprint density at radius 1 is 1.54 bits per heavy atom. The second-order valence-corrected chi connectivity index (χ2v) is 9.32. The van der Waals surface area contributed by atoms with Crippen LogP contribution in [0, 0.1) is 5.82 Å². The number of rotatable bonds is 5. The summed E-state index contributed by atoms with van der Waals surface area (Å²) in [5.41, 5.74) is 9.17. The summed E-state index contributed by atoms with van der Waals surface area (Å²) in [7, 11) is 0. The highest BCUT2D eigenvalue weighted by Crippen LogP contribution is 2.41. The van der Waals surface area contributed by atoms with Crippen molar-refractivity contribution in [3.63, 3.8) is 0 Å². The van der Waals surface area contributed by atoms with Crippen molar-refractivity contribution in [2.45, 2.75) is 57.4 Å². The van der Waals surface area contributed by atoms with Crippen LogP contribution in [0.3, 0.4) is 0 Å². The first kappa shape index (κ1) is 18.9. The largest absolute Gasteiger partial charge is 0.598 e. The zero-order chi connectivity index (χ0) is 18.1. The lowest BCUT2D eigenvalue weighted by atomic mass is 9.97. The summed E-state index contributed by atoms with van der Waals surface area (Å²) in [5.74, 6) is 0.216. The molecule has 1 heterocycles. The molecule has 8 heteroatoms. The van der Waals surface area contributed by atoms with Gasteiger partial charge in [-0.15, -0.1) is 4.72 Å². The third kappa shape index (κ3) is 4.13. The minimum absolute atomic E-state index is 0.162. The zero-order valence-corrected chi connectivity index (χ0v) is 15.4. The summed E-state index contributed by atoms with van der Waals surface area (Å²) in [4.78, 5) is 2.77. The number of hydrogen-bond acceptors (Lipinski definition) is 4. The smallest absolute Gasteiger partial charge is 0.136 e. The lowest BCUT2D eigenvalue weighted by molar-refractivity contribution is 0.124. The van der Waals surface area contributed by atoms with Crippen molar-refractivity contribution >= 4 is 11.4 Å². The van der Waals surface area contributed by atoms with Crippen LogP contribution in [0.5, 0.6) is 5.75 Å². The van der Waals surface area contributed by atoms with E-state index in [0.29, 0.717) is 17.7 Å². The maximum atomic E-state index is 14.0. The van der Waals surface area contributed by atoms with Gasteiger partial charge in [-0.05, 0) is 52.3 Å². The van der Waals surface area contributed by atoms with Gasteiger partial charge in [-0.25, -0.2) is 4.39 Å². The summed E-state index contributed by atoms with van der Waals surface area (Å²) in [6, 6.07) is 2.49. The number of nitrogens with one attached hydrogen (secondary N) is 1. The van der Waals surface area contributed by atoms with E-state index >= 15 is 0 Å². The Kier molecular flexibility index (Phi) is 5.34. The molecule has 0 aliphatic carbocycles. The van der Waals surface area contributed by atoms with Crippen molar-refractivity contribution in [1.29, 1.82) is 0 Å². The van der Waals surface area contributed by atoms with Crippen molar-refractivity contribution in [3.05, 3.63) is 39.5 Å². The van der Waals surface area contributed by atoms with Gasteiger partial charge in [0.25, 0.3) is 0 Å². The van der Waals surface area contributed by atoms with Gasteiger partial charge in [0.1, 0.15) is 21.9 Å². The Labute approximate surface area is 144 Å². The molecular formula is C16H23FN4O2S. The van der Waals surface area contributed by atoms with Gasteiger partial charge in [-0.1, -0.05) is 5.11 Å². The van der Waals surface area contributed by atoms with Gasteiger partial charge in [-0.2, -0.15) is 0 Å². The highest BCUT2D eigenvalue weighted by atomic mass is 32.2. The molecule has 1 aromatic rings. The van der Waals surface area contributed by atoms with Gasteiger partial charge >= 0.3 is 0 Å². The van der Waals surface area contributed by atoms with Crippen LogP contribution < -0.4 is 9.46 Å². The molecule has 0 bridgehead atoms. The second-order valence-electron chi connectivity index (χ2n) is 7.32. The van der Waals surface area contributed by atoms with E-state index in [0.717, 1.165) is 5.56 Å². The molecule has 1 aromatic carbocycles. The fourth-order valence-electron chi connectivity index (χ4n) is 2.61. The van der Waals surface area contributed by atoms with Crippen LogP contribution in [-0.2, 0) is 17.8 Å². The maximum absolute atomic E-state index is 14.0. The number of fused-ring (bicyclic) bond motifs is 1. The molecule has 0 spiro atoms. The van der Waals surface area contributed by atoms with Crippen LogP contribution in [0.1, 0.15) is 51.8 Å². The van der Waals surface area contributed by atoms with E-state index in [-0.39, 0.29) is 18.4 Å². The Morgan fingerprint density at radius 3 is 2.79 bits per heavy atom. The molecular weight excluding hydrogens is 331 g/mol. The summed E-state index contributed by atoms with van der Waals surface area (Å²) >= 11 is -1.29. The number of hydrogen-bond donors (Lipinski definition) is 1. The highest BCUT2D eigenvalue weighted by Gasteiger charge is 2.38. The first-order valence-electron chi connectivity index (χ1n) is 7.76. The lowest BCUT2D eigenvalue weighted by Gasteiger charge is -2.27. The topological polar surface area (TPSA) is 93.1 Å². The zero-order valence-electron chi connectivity index (χ0n) is 14.6. The normalized spacial score (nSPS) is 22.3. The fourth-order valence-corrected chi connectivity index (χ4v) is 3.41. The predicted molar refractivity (Wildman–Crippen MR) is 92.6 cm³/mol. The molecule has 3 atom stereocenters. The van der Waals surface area contributed by atoms with Crippen LogP contribution in [-0.4, -0.2) is 21.4 Å². The third-order valence-electron chi connectivity index (χ3n) is 3.85. The molecule has 0 saturated carbocycles. The molecule has 132 valence electrons. The molecule has 1 aliphatic heterocycles. The monoisotopic (exact) mass is 354 g/mol. The molecule has 0 saturated heterocycles. The van der Waals surface area contributed by atoms with Crippen LogP contribution in [0.2, 0.25) is 0 Å². The van der Waals surface area contributed by atoms with Crippen LogP contribution in [0.4, 0.5) is 4.39 Å². The third-order valence-corrected chi connectivity index (χ3v) is 5.53. The van der Waals surface area contributed by atoms with Gasteiger partial charge in [0.15, 0.2) is 0 Å². The molecule has 6 nitrogen and oxygen atoms in total. The quantitative estimate of drug-likeness (QED) is 0.375. The minimum Gasteiger partial charge on any atom is -0.598 e. The van der Waals surface area contributed by atoms with Crippen LogP contribution in [0.15, 0.2) is 17.2 Å². The molecule has 1 N–H and O–H groups in total. The molecule has 0 fully saturated rings. The van der Waals surface area contributed by atoms with E-state index in [1.54, 1.807) is 0 Å². The molecule has 2 unspecified atom stereocenters. The number of benzene rings is 1. The van der Waals surface area contributed by atoms with E-state index in [2.05, 4.69) is 14.7 Å². The van der Waals surface area contributed by atoms with E-state index in [1.165, 1.54) is 12.1 Å². The molecule has 0 radical (unpaired) electrons. The number of azide groups is 1. The first-order valence-corrected chi connectivity index (χ1v) is 8.91. The van der Waals surface area contributed by atoms with E-state index in [4.69, 9.17) is 10.3 Å². The van der Waals surface area contributed by atoms with Crippen molar-refractivity contribution in [1.82, 2.24) is 4.72 Å². The van der Waals surface area contributed by atoms with Crippen molar-refractivity contribution in [2.24, 2.45) is 5.11 Å². The van der Waals surface area contributed by atoms with Crippen molar-refractivity contribution < 1.29 is 13.7 Å². The average molecular weight is 354 g/mol. The fraction of sp³-hybridized carbons (Fsp3) is 0.625. The van der Waals surface area contributed by atoms with Gasteiger partial charge in [0, 0.05) is 33.8 Å². The van der Waals surface area contributed by atoms with Gasteiger partial charge < -0.3 is 9.29 Å². The van der Waals surface area contributed by atoms with Crippen LogP contribution >= 0.6 is 0 Å². The molecule has 0 aromatic heterocycles. The number of ether oxygens (including phenoxy) is 1. The lowest BCUT2D eigenvalue weighted by Crippen LogP contribution is -2.40. The average Bonchev–Trinajstić information content (AvgIpc) is 2.79. The Bertz CT molecular complexity index is 673. The van der Waals surface area contributed by atoms with Gasteiger partial charge in [0.05, 0.1) is 12.6 Å². The number of nitrogens with zero attached hydrogens (tertiary/aromatic N) is 3. The maximum Gasteiger partial charge on any atom is 0.136 e. The van der Waals surface area contributed by atoms with E-state index in [1.807, 2.05) is 34.6 Å². The SMILES string of the molecule is CC(N[S@+]([O-])C(C)(C)C)c1cc(F)cc2c1OC(C)(CN=[N+]=[N-])C2. The second kappa shape index (κ2) is 6.80. The summed E-state index contributed by atoms with van der Waals surface area (Å²) in [6.07, 6.45) is 0.460. The Morgan fingerprint density at radius 2 is 2.21 bits per heavy atom.